The number of hydrogen-bond donors (Lipinski definition) is 1. The maximum Gasteiger partial charge on any atom is 0.295 e. The summed E-state index contributed by atoms with van der Waals surface area (Å²) in [6, 6.07) is 14.6. The minimum Gasteiger partial charge on any atom is -0.316 e. The number of para-hydroxylation sites is 1. The molecule has 3 aromatic rings. The predicted octanol–water partition coefficient (Wildman–Crippen LogP) is 2.77. The molecule has 0 aliphatic carbocycles. The fourth-order valence-corrected chi connectivity index (χ4v) is 4.55. The third-order valence-corrected chi connectivity index (χ3v) is 7.32. The summed E-state index contributed by atoms with van der Waals surface area (Å²) in [5, 5.41) is 2.65. The van der Waals surface area contributed by atoms with E-state index in [0.717, 1.165) is 0 Å². The Hall–Kier alpha value is -3.17. The molecule has 31 heavy (non-hydrogen) atoms. The van der Waals surface area contributed by atoms with Crippen LogP contribution in [0.3, 0.4) is 0 Å². The van der Waals surface area contributed by atoms with Crippen LogP contribution in [0.15, 0.2) is 64.3 Å². The summed E-state index contributed by atoms with van der Waals surface area (Å²) in [4.78, 5) is 25.9. The first-order valence-electron chi connectivity index (χ1n) is 9.79. The molecule has 0 fully saturated rings. The van der Waals surface area contributed by atoms with Crippen LogP contribution >= 0.6 is 0 Å². The largest absolute Gasteiger partial charge is 0.316 e. The highest BCUT2D eigenvalue weighted by molar-refractivity contribution is 7.89. The maximum absolute atomic E-state index is 13.0. The van der Waals surface area contributed by atoms with Crippen molar-refractivity contribution in [2.75, 3.05) is 12.4 Å². The number of carbonyl (C=O) groups excluding carboxylic acids is 1. The van der Waals surface area contributed by atoms with Gasteiger partial charge in [0.1, 0.15) is 5.69 Å². The number of hydrogen-bond acceptors (Lipinski definition) is 4. The molecular weight excluding hydrogens is 416 g/mol. The highest BCUT2D eigenvalue weighted by Gasteiger charge is 2.24. The van der Waals surface area contributed by atoms with E-state index in [9.17, 15) is 18.0 Å². The van der Waals surface area contributed by atoms with Crippen LogP contribution in [0.25, 0.3) is 5.69 Å². The highest BCUT2D eigenvalue weighted by atomic mass is 32.2. The smallest absolute Gasteiger partial charge is 0.295 e. The minimum absolute atomic E-state index is 0.0165. The van der Waals surface area contributed by atoms with Crippen LogP contribution in [-0.2, 0) is 17.1 Å². The van der Waals surface area contributed by atoms with E-state index in [2.05, 4.69) is 5.32 Å². The summed E-state index contributed by atoms with van der Waals surface area (Å²) < 4.78 is 29.9. The predicted molar refractivity (Wildman–Crippen MR) is 120 cm³/mol. The first kappa shape index (κ1) is 22.5. The molecule has 2 aromatic carbocycles. The summed E-state index contributed by atoms with van der Waals surface area (Å²) in [6.07, 6.45) is 0. The molecular formula is C22H26N4O4S. The molecule has 0 aliphatic heterocycles. The molecule has 0 atom stereocenters. The molecule has 0 spiro atoms. The van der Waals surface area contributed by atoms with Gasteiger partial charge in [0.2, 0.25) is 10.0 Å². The Morgan fingerprint density at radius 3 is 2.32 bits per heavy atom. The van der Waals surface area contributed by atoms with Crippen molar-refractivity contribution in [1.82, 2.24) is 13.7 Å². The molecule has 8 nitrogen and oxygen atoms in total. The number of nitrogens with zero attached hydrogens (tertiary/aromatic N) is 3. The molecule has 1 amide bonds. The summed E-state index contributed by atoms with van der Waals surface area (Å²) in [6.45, 7) is 5.27. The van der Waals surface area contributed by atoms with Gasteiger partial charge in [-0.15, -0.1) is 0 Å². The molecule has 0 aliphatic rings. The first-order valence-corrected chi connectivity index (χ1v) is 11.2. The molecule has 0 saturated heterocycles. The average Bonchev–Trinajstić information content (AvgIpc) is 2.96. The summed E-state index contributed by atoms with van der Waals surface area (Å²) in [5.74, 6) is -0.560. The Bertz CT molecular complexity index is 1270. The van der Waals surface area contributed by atoms with Crippen LogP contribution in [0, 0.1) is 6.92 Å². The fraction of sp³-hybridized carbons (Fsp3) is 0.273. The van der Waals surface area contributed by atoms with Crippen LogP contribution in [0.1, 0.15) is 29.9 Å². The van der Waals surface area contributed by atoms with Gasteiger partial charge >= 0.3 is 0 Å². The quantitative estimate of drug-likeness (QED) is 0.635. The molecule has 164 valence electrons. The zero-order valence-electron chi connectivity index (χ0n) is 18.2. The Balaban J connectivity index is 1.96. The SMILES string of the molecule is Cc1c(NC(=O)c2cccc(S(=O)(=O)N(C)C(C)C)c2)c(=O)n(-c2ccccc2)n1C. The lowest BCUT2D eigenvalue weighted by Crippen LogP contribution is -2.33. The van der Waals surface area contributed by atoms with Gasteiger partial charge in [-0.25, -0.2) is 13.1 Å². The molecule has 1 aromatic heterocycles. The van der Waals surface area contributed by atoms with Crippen molar-refractivity contribution in [2.24, 2.45) is 7.05 Å². The van der Waals surface area contributed by atoms with Crippen molar-refractivity contribution >= 4 is 21.6 Å². The highest BCUT2D eigenvalue weighted by Crippen LogP contribution is 2.19. The number of amides is 1. The third-order valence-electron chi connectivity index (χ3n) is 5.29. The molecule has 9 heteroatoms. The number of benzene rings is 2. The van der Waals surface area contributed by atoms with E-state index < -0.39 is 15.9 Å². The number of carbonyl (C=O) groups is 1. The lowest BCUT2D eigenvalue weighted by molar-refractivity contribution is 0.102. The van der Waals surface area contributed by atoms with Gasteiger partial charge in [-0.1, -0.05) is 24.3 Å². The summed E-state index contributed by atoms with van der Waals surface area (Å²) in [5.41, 5.74) is 1.16. The molecule has 0 bridgehead atoms. The van der Waals surface area contributed by atoms with Crippen molar-refractivity contribution in [3.05, 3.63) is 76.2 Å². The molecule has 1 N–H and O–H groups in total. The van der Waals surface area contributed by atoms with E-state index in [4.69, 9.17) is 0 Å². The van der Waals surface area contributed by atoms with Crippen LogP contribution in [0.2, 0.25) is 0 Å². The molecule has 0 unspecified atom stereocenters. The molecule has 0 saturated carbocycles. The number of aromatic nitrogens is 2. The summed E-state index contributed by atoms with van der Waals surface area (Å²) in [7, 11) is -0.516. The Morgan fingerprint density at radius 1 is 1.06 bits per heavy atom. The summed E-state index contributed by atoms with van der Waals surface area (Å²) >= 11 is 0. The zero-order chi connectivity index (χ0) is 22.9. The number of anilines is 1. The van der Waals surface area contributed by atoms with Crippen molar-refractivity contribution < 1.29 is 13.2 Å². The Kier molecular flexibility index (Phi) is 6.19. The molecule has 3 rings (SSSR count). The Morgan fingerprint density at radius 2 is 1.71 bits per heavy atom. The van der Waals surface area contributed by atoms with E-state index in [1.54, 1.807) is 44.6 Å². The second-order valence-electron chi connectivity index (χ2n) is 7.53. The number of nitrogens with one attached hydrogen (secondary N) is 1. The lowest BCUT2D eigenvalue weighted by Gasteiger charge is -2.21. The van der Waals surface area contributed by atoms with Gasteiger partial charge in [-0.3, -0.25) is 14.3 Å². The maximum atomic E-state index is 13.0. The number of rotatable bonds is 6. The van der Waals surface area contributed by atoms with E-state index >= 15 is 0 Å². The Labute approximate surface area is 181 Å². The third kappa shape index (κ3) is 4.19. The van der Waals surface area contributed by atoms with Crippen LogP contribution in [-0.4, -0.2) is 41.1 Å². The van der Waals surface area contributed by atoms with Crippen molar-refractivity contribution in [2.45, 2.75) is 31.7 Å². The number of sulfonamides is 1. The topological polar surface area (TPSA) is 93.4 Å². The normalized spacial score (nSPS) is 11.8. The van der Waals surface area contributed by atoms with Gasteiger partial charge in [-0.05, 0) is 51.1 Å². The van der Waals surface area contributed by atoms with Gasteiger partial charge in [0, 0.05) is 25.7 Å². The lowest BCUT2D eigenvalue weighted by atomic mass is 10.2. The van der Waals surface area contributed by atoms with Gasteiger partial charge in [0.25, 0.3) is 11.5 Å². The standard InChI is InChI=1S/C22H26N4O4S/c1-15(2)25(5)31(29,30)19-13-9-10-17(14-19)21(27)23-20-16(3)24(4)26(22(20)28)18-11-7-6-8-12-18/h6-15H,1-5H3,(H,23,27). The monoisotopic (exact) mass is 442 g/mol. The van der Waals surface area contributed by atoms with Crippen molar-refractivity contribution in [3.63, 3.8) is 0 Å². The average molecular weight is 443 g/mol. The molecule has 1 heterocycles. The van der Waals surface area contributed by atoms with Gasteiger partial charge < -0.3 is 5.32 Å². The van der Waals surface area contributed by atoms with Crippen LogP contribution in [0.5, 0.6) is 0 Å². The van der Waals surface area contributed by atoms with Crippen LogP contribution < -0.4 is 10.9 Å². The van der Waals surface area contributed by atoms with E-state index in [1.165, 1.54) is 40.3 Å². The first-order chi connectivity index (χ1) is 14.6. The van der Waals surface area contributed by atoms with Gasteiger partial charge in [-0.2, -0.15) is 4.31 Å². The second-order valence-corrected chi connectivity index (χ2v) is 9.53. The van der Waals surface area contributed by atoms with E-state index in [1.807, 2.05) is 18.2 Å². The minimum atomic E-state index is -3.74. The van der Waals surface area contributed by atoms with Crippen LogP contribution in [0.4, 0.5) is 5.69 Å². The van der Waals surface area contributed by atoms with Gasteiger partial charge in [0.15, 0.2) is 0 Å². The zero-order valence-corrected chi connectivity index (χ0v) is 19.0. The fourth-order valence-electron chi connectivity index (χ4n) is 3.14. The van der Waals surface area contributed by atoms with E-state index in [-0.39, 0.29) is 27.7 Å². The van der Waals surface area contributed by atoms with Crippen molar-refractivity contribution in [3.8, 4) is 5.69 Å². The van der Waals surface area contributed by atoms with Crippen molar-refractivity contribution in [1.29, 1.82) is 0 Å². The van der Waals surface area contributed by atoms with E-state index in [0.29, 0.717) is 11.4 Å². The second kappa shape index (κ2) is 8.52. The molecule has 0 radical (unpaired) electrons. The van der Waals surface area contributed by atoms with Gasteiger partial charge in [0.05, 0.1) is 16.3 Å².